The zero-order valence-corrected chi connectivity index (χ0v) is 19.5. The highest BCUT2D eigenvalue weighted by molar-refractivity contribution is 7.16. The Hall–Kier alpha value is -2.39. The Morgan fingerprint density at radius 1 is 1.19 bits per heavy atom. The second-order valence-corrected chi connectivity index (χ2v) is 9.27. The molecule has 2 heterocycles. The van der Waals surface area contributed by atoms with Gasteiger partial charge in [0.1, 0.15) is 17.7 Å². The molecular weight excluding hydrogens is 434 g/mol. The van der Waals surface area contributed by atoms with Gasteiger partial charge in [0.2, 0.25) is 11.8 Å². The molecule has 1 aliphatic rings. The van der Waals surface area contributed by atoms with Gasteiger partial charge in [0.05, 0.1) is 12.1 Å². The van der Waals surface area contributed by atoms with Crippen molar-refractivity contribution in [1.82, 2.24) is 15.2 Å². The smallest absolute Gasteiger partial charge is 0.248 e. The average molecular weight is 465 g/mol. The van der Waals surface area contributed by atoms with Gasteiger partial charge in [-0.1, -0.05) is 24.7 Å². The first-order chi connectivity index (χ1) is 15.3. The van der Waals surface area contributed by atoms with Crippen LogP contribution in [0.15, 0.2) is 18.2 Å². The molecule has 9 heteroatoms. The lowest BCUT2D eigenvalue weighted by molar-refractivity contribution is -0.126. The Morgan fingerprint density at radius 3 is 2.47 bits per heavy atom. The summed E-state index contributed by atoms with van der Waals surface area (Å²) in [6.45, 7) is 8.15. The number of likely N-dealkylation sites (tertiary alicyclic amines) is 1. The van der Waals surface area contributed by atoms with E-state index in [1.807, 2.05) is 13.8 Å². The van der Waals surface area contributed by atoms with E-state index in [4.69, 9.17) is 0 Å². The van der Waals surface area contributed by atoms with Crippen molar-refractivity contribution in [1.29, 1.82) is 0 Å². The van der Waals surface area contributed by atoms with E-state index in [9.17, 15) is 18.4 Å². The Morgan fingerprint density at radius 2 is 1.84 bits per heavy atom. The number of aromatic nitrogens is 1. The maximum Gasteiger partial charge on any atom is 0.248 e. The third-order valence-corrected chi connectivity index (χ3v) is 6.89. The van der Waals surface area contributed by atoms with E-state index in [2.05, 4.69) is 27.4 Å². The van der Waals surface area contributed by atoms with Gasteiger partial charge < -0.3 is 10.6 Å². The number of aryl methyl sites for hydroxylation is 1. The molecule has 0 radical (unpaired) electrons. The van der Waals surface area contributed by atoms with Crippen LogP contribution in [0.5, 0.6) is 0 Å². The van der Waals surface area contributed by atoms with Gasteiger partial charge in [-0.05, 0) is 63.9 Å². The standard InChI is InChI=1S/C23H30F2N4O2S/c1-4-7-19(27-20(30)12-16-10-17(24)13-18(25)11-16)22(31)28-23-26-14(2)21(32-23)15(3)29-8-5-6-9-29/h10-11,13,15,19H,4-9,12H2,1-3H3,(H,27,30)(H,26,28,31). The fourth-order valence-electron chi connectivity index (χ4n) is 4.04. The number of halogens is 2. The monoisotopic (exact) mass is 464 g/mol. The molecule has 0 spiro atoms. The predicted octanol–water partition coefficient (Wildman–Crippen LogP) is 4.35. The van der Waals surface area contributed by atoms with Crippen molar-refractivity contribution in [2.24, 2.45) is 0 Å². The fraction of sp³-hybridized carbons (Fsp3) is 0.522. The van der Waals surface area contributed by atoms with Crippen LogP contribution in [0, 0.1) is 18.6 Å². The van der Waals surface area contributed by atoms with Crippen LogP contribution in [0.4, 0.5) is 13.9 Å². The Kier molecular flexibility index (Phi) is 8.31. The van der Waals surface area contributed by atoms with Crippen molar-refractivity contribution in [2.45, 2.75) is 65.0 Å². The molecule has 174 valence electrons. The lowest BCUT2D eigenvalue weighted by Gasteiger charge is -2.22. The Bertz CT molecular complexity index is 939. The molecular formula is C23H30F2N4O2S. The van der Waals surface area contributed by atoms with Gasteiger partial charge in [-0.3, -0.25) is 14.5 Å². The van der Waals surface area contributed by atoms with Gasteiger partial charge >= 0.3 is 0 Å². The van der Waals surface area contributed by atoms with Gasteiger partial charge in [0.25, 0.3) is 0 Å². The van der Waals surface area contributed by atoms with E-state index < -0.39 is 23.6 Å². The van der Waals surface area contributed by atoms with Gasteiger partial charge in [-0.25, -0.2) is 13.8 Å². The summed E-state index contributed by atoms with van der Waals surface area (Å²) in [5.74, 6) is -2.30. The highest BCUT2D eigenvalue weighted by Crippen LogP contribution is 2.33. The van der Waals surface area contributed by atoms with Crippen molar-refractivity contribution in [3.05, 3.63) is 46.0 Å². The molecule has 1 fully saturated rings. The van der Waals surface area contributed by atoms with Gasteiger partial charge in [0, 0.05) is 17.0 Å². The molecule has 2 N–H and O–H groups in total. The van der Waals surface area contributed by atoms with E-state index in [1.54, 1.807) is 0 Å². The number of hydrogen-bond acceptors (Lipinski definition) is 5. The number of nitrogens with one attached hydrogen (secondary N) is 2. The molecule has 32 heavy (non-hydrogen) atoms. The van der Waals surface area contributed by atoms with E-state index >= 15 is 0 Å². The number of rotatable bonds is 9. The van der Waals surface area contributed by atoms with E-state index in [-0.39, 0.29) is 23.9 Å². The summed E-state index contributed by atoms with van der Waals surface area (Å²) < 4.78 is 26.8. The molecule has 0 bridgehead atoms. The van der Waals surface area contributed by atoms with Crippen LogP contribution in [0.25, 0.3) is 0 Å². The maximum atomic E-state index is 13.4. The van der Waals surface area contributed by atoms with Gasteiger partial charge in [-0.15, -0.1) is 0 Å². The molecule has 2 unspecified atom stereocenters. The third kappa shape index (κ3) is 6.32. The maximum absolute atomic E-state index is 13.4. The number of amides is 2. The SMILES string of the molecule is CCCC(NC(=O)Cc1cc(F)cc(F)c1)C(=O)Nc1nc(C)c(C(C)N2CCCC2)s1. The Labute approximate surface area is 191 Å². The zero-order chi connectivity index (χ0) is 23.3. The second kappa shape index (κ2) is 11.0. The van der Waals surface area contributed by atoms with Crippen LogP contribution >= 0.6 is 11.3 Å². The molecule has 1 saturated heterocycles. The molecule has 2 atom stereocenters. The lowest BCUT2D eigenvalue weighted by Crippen LogP contribution is -2.44. The topological polar surface area (TPSA) is 74.3 Å². The first-order valence-electron chi connectivity index (χ1n) is 11.0. The van der Waals surface area contributed by atoms with Crippen LogP contribution in [0.2, 0.25) is 0 Å². The van der Waals surface area contributed by atoms with E-state index in [0.717, 1.165) is 41.9 Å². The number of thiazole rings is 1. The summed E-state index contributed by atoms with van der Waals surface area (Å²) in [4.78, 5) is 33.3. The van der Waals surface area contributed by atoms with Crippen molar-refractivity contribution in [3.8, 4) is 0 Å². The number of anilines is 1. The van der Waals surface area contributed by atoms with Gasteiger partial charge in [0.15, 0.2) is 5.13 Å². The van der Waals surface area contributed by atoms with Crippen molar-refractivity contribution >= 4 is 28.3 Å². The van der Waals surface area contributed by atoms with Crippen LogP contribution in [0.3, 0.4) is 0 Å². The summed E-state index contributed by atoms with van der Waals surface area (Å²) in [6, 6.07) is 2.47. The first-order valence-corrected chi connectivity index (χ1v) is 11.8. The largest absolute Gasteiger partial charge is 0.344 e. The first kappa shape index (κ1) is 24.3. The van der Waals surface area contributed by atoms with Gasteiger partial charge in [-0.2, -0.15) is 0 Å². The highest BCUT2D eigenvalue weighted by atomic mass is 32.1. The summed E-state index contributed by atoms with van der Waals surface area (Å²) in [7, 11) is 0. The van der Waals surface area contributed by atoms with Crippen LogP contribution in [-0.4, -0.2) is 40.8 Å². The molecule has 3 rings (SSSR count). The summed E-state index contributed by atoms with van der Waals surface area (Å²) in [6.07, 6.45) is 3.31. The van der Waals surface area contributed by atoms with Crippen LogP contribution in [-0.2, 0) is 16.0 Å². The number of nitrogens with zero attached hydrogens (tertiary/aromatic N) is 2. The average Bonchev–Trinajstić information content (AvgIpc) is 3.36. The van der Waals surface area contributed by atoms with Crippen LogP contribution < -0.4 is 10.6 Å². The molecule has 6 nitrogen and oxygen atoms in total. The van der Waals surface area contributed by atoms with Crippen LogP contribution in [0.1, 0.15) is 61.7 Å². The number of carbonyl (C=O) groups is 2. The summed E-state index contributed by atoms with van der Waals surface area (Å²) in [5.41, 5.74) is 1.11. The summed E-state index contributed by atoms with van der Waals surface area (Å²) >= 11 is 1.46. The normalized spacial score (nSPS) is 16.0. The fourth-order valence-corrected chi connectivity index (χ4v) is 5.09. The quantitative estimate of drug-likeness (QED) is 0.579. The molecule has 2 aromatic rings. The minimum absolute atomic E-state index is 0.212. The number of carbonyl (C=O) groups excluding carboxylic acids is 2. The molecule has 1 aromatic heterocycles. The highest BCUT2D eigenvalue weighted by Gasteiger charge is 2.25. The number of benzene rings is 1. The molecule has 1 aliphatic heterocycles. The lowest BCUT2D eigenvalue weighted by atomic mass is 10.1. The molecule has 0 saturated carbocycles. The Balaban J connectivity index is 1.63. The minimum atomic E-state index is -0.755. The summed E-state index contributed by atoms with van der Waals surface area (Å²) in [5, 5.41) is 6.03. The van der Waals surface area contributed by atoms with E-state index in [0.29, 0.717) is 18.0 Å². The molecule has 0 aliphatic carbocycles. The molecule has 1 aromatic carbocycles. The third-order valence-electron chi connectivity index (χ3n) is 5.65. The van der Waals surface area contributed by atoms with E-state index in [1.165, 1.54) is 24.2 Å². The molecule has 2 amide bonds. The second-order valence-electron chi connectivity index (χ2n) is 8.24. The minimum Gasteiger partial charge on any atom is -0.344 e. The zero-order valence-electron chi connectivity index (χ0n) is 18.7. The van der Waals surface area contributed by atoms with Crippen molar-refractivity contribution < 1.29 is 18.4 Å². The predicted molar refractivity (Wildman–Crippen MR) is 122 cm³/mol. The number of hydrogen-bond donors (Lipinski definition) is 2. The van der Waals surface area contributed by atoms with Crippen molar-refractivity contribution in [2.75, 3.05) is 18.4 Å². The van der Waals surface area contributed by atoms with Crippen molar-refractivity contribution in [3.63, 3.8) is 0 Å².